The van der Waals surface area contributed by atoms with E-state index in [-0.39, 0.29) is 5.75 Å². The fourth-order valence-electron chi connectivity index (χ4n) is 3.53. The Morgan fingerprint density at radius 1 is 1.03 bits per heavy atom. The van der Waals surface area contributed by atoms with Crippen molar-refractivity contribution in [2.24, 2.45) is 5.10 Å². The second kappa shape index (κ2) is 11.2. The van der Waals surface area contributed by atoms with Gasteiger partial charge in [-0.2, -0.15) is 5.10 Å². The maximum Gasteiger partial charge on any atom is 0.573 e. The number of para-hydroxylation sites is 1. The van der Waals surface area contributed by atoms with E-state index in [2.05, 4.69) is 45.4 Å². The van der Waals surface area contributed by atoms with Crippen LogP contribution in [0, 0.1) is 0 Å². The predicted molar refractivity (Wildman–Crippen MR) is 141 cm³/mol. The normalized spacial score (nSPS) is 11.6. The molecule has 37 heavy (non-hydrogen) atoms. The summed E-state index contributed by atoms with van der Waals surface area (Å²) >= 11 is 5.16. The minimum atomic E-state index is -4.74. The molecular formula is C26H23F3N6OS. The zero-order valence-electron chi connectivity index (χ0n) is 19.9. The number of nitrogens with zero attached hydrogens (tertiary/aromatic N) is 5. The Hall–Kier alpha value is -4.25. The van der Waals surface area contributed by atoms with Crippen LogP contribution in [0.1, 0.15) is 30.9 Å². The number of alkyl halides is 3. The number of hydrazine groups is 1. The average molecular weight is 525 g/mol. The van der Waals surface area contributed by atoms with E-state index in [9.17, 15) is 13.2 Å². The van der Waals surface area contributed by atoms with Gasteiger partial charge < -0.3 is 4.74 Å². The van der Waals surface area contributed by atoms with E-state index in [1.165, 1.54) is 40.8 Å². The lowest BCUT2D eigenvalue weighted by Crippen LogP contribution is -2.33. The van der Waals surface area contributed by atoms with E-state index in [1.807, 2.05) is 42.5 Å². The molecule has 0 aliphatic rings. The SMILES string of the molecule is CC(C)c1ccccc1N(C=S)N/N=C/c1ccc(-c2ncn(-c3ccc(OC(F)(F)F)cc3)n2)cc1. The van der Waals surface area contributed by atoms with Crippen LogP contribution < -0.4 is 15.3 Å². The fourth-order valence-corrected chi connectivity index (χ4v) is 3.69. The maximum atomic E-state index is 12.3. The third-order valence-corrected chi connectivity index (χ3v) is 5.51. The van der Waals surface area contributed by atoms with E-state index in [0.717, 1.165) is 22.4 Å². The number of hydrazone groups is 1. The van der Waals surface area contributed by atoms with Crippen LogP contribution in [0.2, 0.25) is 0 Å². The third-order valence-electron chi connectivity index (χ3n) is 5.30. The maximum absolute atomic E-state index is 12.3. The van der Waals surface area contributed by atoms with Crippen molar-refractivity contribution in [1.29, 1.82) is 0 Å². The molecule has 1 aromatic heterocycles. The number of anilines is 1. The van der Waals surface area contributed by atoms with Gasteiger partial charge in [0.1, 0.15) is 12.1 Å². The van der Waals surface area contributed by atoms with E-state index in [1.54, 1.807) is 11.2 Å². The summed E-state index contributed by atoms with van der Waals surface area (Å²) in [7, 11) is 0. The molecular weight excluding hydrogens is 501 g/mol. The molecule has 1 N–H and O–H groups in total. The molecule has 0 fully saturated rings. The summed E-state index contributed by atoms with van der Waals surface area (Å²) in [6, 6.07) is 20.8. The van der Waals surface area contributed by atoms with Crippen molar-refractivity contribution in [2.45, 2.75) is 26.1 Å². The number of benzene rings is 3. The van der Waals surface area contributed by atoms with E-state index in [0.29, 0.717) is 17.4 Å². The van der Waals surface area contributed by atoms with Crippen LogP contribution in [0.5, 0.6) is 5.75 Å². The lowest BCUT2D eigenvalue weighted by molar-refractivity contribution is -0.274. The summed E-state index contributed by atoms with van der Waals surface area (Å²) in [6.07, 6.45) is -1.58. The lowest BCUT2D eigenvalue weighted by atomic mass is 10.0. The first kappa shape index (κ1) is 25.8. The number of hydrogen-bond acceptors (Lipinski definition) is 6. The molecule has 0 saturated carbocycles. The quantitative estimate of drug-likeness (QED) is 0.158. The van der Waals surface area contributed by atoms with Crippen molar-refractivity contribution in [3.05, 3.63) is 90.3 Å². The Morgan fingerprint density at radius 3 is 2.38 bits per heavy atom. The largest absolute Gasteiger partial charge is 0.573 e. The lowest BCUT2D eigenvalue weighted by Gasteiger charge is -2.22. The summed E-state index contributed by atoms with van der Waals surface area (Å²) in [5, 5.41) is 10.4. The van der Waals surface area contributed by atoms with Crippen molar-refractivity contribution >= 4 is 29.6 Å². The standard InChI is InChI=1S/C26H23F3N6OS/c1-18(2)23-5-3-4-6-24(23)35(17-37)33-31-15-19-7-9-20(10-8-19)25-30-16-34(32-25)21-11-13-22(14-12-21)36-26(27,28)29/h3-18,33H,1-2H3/b31-15+. The number of ether oxygens (including phenoxy) is 1. The Kier molecular flexibility index (Phi) is 7.83. The highest BCUT2D eigenvalue weighted by Crippen LogP contribution is 2.26. The van der Waals surface area contributed by atoms with Crippen LogP contribution in [0.3, 0.4) is 0 Å². The molecule has 11 heteroatoms. The van der Waals surface area contributed by atoms with Gasteiger partial charge >= 0.3 is 6.36 Å². The minimum Gasteiger partial charge on any atom is -0.406 e. The molecule has 0 amide bonds. The molecule has 0 bridgehead atoms. The van der Waals surface area contributed by atoms with Gasteiger partial charge in [-0.15, -0.1) is 18.3 Å². The molecule has 0 aliphatic carbocycles. The minimum absolute atomic E-state index is 0.304. The highest BCUT2D eigenvalue weighted by molar-refractivity contribution is 7.79. The first-order valence-electron chi connectivity index (χ1n) is 11.2. The van der Waals surface area contributed by atoms with Gasteiger partial charge in [-0.05, 0) is 47.4 Å². The van der Waals surface area contributed by atoms with Gasteiger partial charge in [0.05, 0.1) is 23.1 Å². The molecule has 0 spiro atoms. The van der Waals surface area contributed by atoms with Gasteiger partial charge in [-0.25, -0.2) is 20.2 Å². The number of aromatic nitrogens is 3. The van der Waals surface area contributed by atoms with Crippen molar-refractivity contribution in [2.75, 3.05) is 5.01 Å². The molecule has 0 aliphatic heterocycles. The van der Waals surface area contributed by atoms with E-state index < -0.39 is 6.36 Å². The Labute approximate surface area is 217 Å². The number of thiocarbonyl (C=S) groups is 1. The van der Waals surface area contributed by atoms with Crippen LogP contribution in [0.25, 0.3) is 17.1 Å². The van der Waals surface area contributed by atoms with Crippen LogP contribution in [0.15, 0.2) is 84.2 Å². The van der Waals surface area contributed by atoms with Crippen LogP contribution in [-0.4, -0.2) is 32.8 Å². The highest BCUT2D eigenvalue weighted by Gasteiger charge is 2.31. The highest BCUT2D eigenvalue weighted by atomic mass is 32.1. The molecule has 0 radical (unpaired) electrons. The van der Waals surface area contributed by atoms with Crippen LogP contribution in [-0.2, 0) is 0 Å². The molecule has 0 saturated heterocycles. The monoisotopic (exact) mass is 524 g/mol. The Bertz CT molecular complexity index is 1370. The Balaban J connectivity index is 1.41. The molecule has 7 nitrogen and oxygen atoms in total. The summed E-state index contributed by atoms with van der Waals surface area (Å²) in [4.78, 5) is 4.30. The van der Waals surface area contributed by atoms with Gasteiger partial charge in [0.25, 0.3) is 0 Å². The Morgan fingerprint density at radius 2 is 1.73 bits per heavy atom. The van der Waals surface area contributed by atoms with Crippen molar-refractivity contribution in [3.63, 3.8) is 0 Å². The molecule has 3 aromatic carbocycles. The predicted octanol–water partition coefficient (Wildman–Crippen LogP) is 6.26. The van der Waals surface area contributed by atoms with Gasteiger partial charge in [-0.3, -0.25) is 0 Å². The van der Waals surface area contributed by atoms with E-state index >= 15 is 0 Å². The molecule has 4 aromatic rings. The number of nitrogens with one attached hydrogen (secondary N) is 1. The number of hydrogen-bond donors (Lipinski definition) is 1. The summed E-state index contributed by atoms with van der Waals surface area (Å²) in [5.74, 6) is 0.488. The summed E-state index contributed by atoms with van der Waals surface area (Å²) in [5.41, 5.74) is 8.70. The van der Waals surface area contributed by atoms with Crippen molar-refractivity contribution < 1.29 is 17.9 Å². The van der Waals surface area contributed by atoms with Crippen molar-refractivity contribution in [3.8, 4) is 22.8 Å². The average Bonchev–Trinajstić information content (AvgIpc) is 3.37. The van der Waals surface area contributed by atoms with Gasteiger partial charge in [0, 0.05) is 5.56 Å². The van der Waals surface area contributed by atoms with Gasteiger partial charge in [-0.1, -0.05) is 68.5 Å². The van der Waals surface area contributed by atoms with Crippen LogP contribution in [0.4, 0.5) is 18.9 Å². The molecule has 0 unspecified atom stereocenters. The van der Waals surface area contributed by atoms with E-state index in [4.69, 9.17) is 12.2 Å². The fraction of sp³-hybridized carbons (Fsp3) is 0.154. The smallest absolute Gasteiger partial charge is 0.406 e. The van der Waals surface area contributed by atoms with Crippen LogP contribution >= 0.6 is 12.2 Å². The van der Waals surface area contributed by atoms with Gasteiger partial charge in [0.15, 0.2) is 5.82 Å². The summed E-state index contributed by atoms with van der Waals surface area (Å²) in [6.45, 7) is 4.23. The molecule has 1 heterocycles. The number of rotatable bonds is 9. The topological polar surface area (TPSA) is 67.6 Å². The third kappa shape index (κ3) is 6.70. The second-order valence-corrected chi connectivity index (χ2v) is 8.43. The first-order chi connectivity index (χ1) is 17.7. The molecule has 4 rings (SSSR count). The molecule has 190 valence electrons. The molecule has 0 atom stereocenters. The van der Waals surface area contributed by atoms with Gasteiger partial charge in [0.2, 0.25) is 0 Å². The second-order valence-electron chi connectivity index (χ2n) is 8.22. The summed E-state index contributed by atoms with van der Waals surface area (Å²) < 4.78 is 42.4. The zero-order valence-corrected chi connectivity index (χ0v) is 20.7. The zero-order chi connectivity index (χ0) is 26.4. The van der Waals surface area contributed by atoms with Crippen molar-refractivity contribution in [1.82, 2.24) is 20.3 Å². The first-order valence-corrected chi connectivity index (χ1v) is 11.7. The number of halogens is 3.